The van der Waals surface area contributed by atoms with Crippen molar-refractivity contribution in [3.63, 3.8) is 0 Å². The predicted octanol–water partition coefficient (Wildman–Crippen LogP) is 3.09. The smallest absolute Gasteiger partial charge is 0.332 e. The maximum Gasteiger partial charge on any atom is 0.332 e. The SMILES string of the molecule is CCCC(S)(S)C(S)(S)C(S)(S)C(S)(S)C(=O)O. The van der Waals surface area contributed by atoms with Gasteiger partial charge in [0.15, 0.2) is 4.08 Å². The van der Waals surface area contributed by atoms with Crippen LogP contribution < -0.4 is 0 Å². The molecule has 0 aromatic rings. The predicted molar refractivity (Wildman–Crippen MR) is 105 cm³/mol. The molecule has 0 unspecified atom stereocenters. The van der Waals surface area contributed by atoms with Gasteiger partial charge in [0, 0.05) is 0 Å². The fourth-order valence-electron chi connectivity index (χ4n) is 1.19. The van der Waals surface area contributed by atoms with Crippen LogP contribution in [0.5, 0.6) is 0 Å². The van der Waals surface area contributed by atoms with Crippen LogP contribution >= 0.6 is 101 Å². The molecule has 0 aliphatic rings. The summed E-state index contributed by atoms with van der Waals surface area (Å²) in [6, 6.07) is 0. The maximum absolute atomic E-state index is 11.2. The van der Waals surface area contributed by atoms with Gasteiger partial charge in [0.1, 0.15) is 8.16 Å². The van der Waals surface area contributed by atoms with Gasteiger partial charge in [-0.25, -0.2) is 4.79 Å². The van der Waals surface area contributed by atoms with Crippen LogP contribution in [0.2, 0.25) is 0 Å². The Labute approximate surface area is 151 Å². The third kappa shape index (κ3) is 3.53. The van der Waals surface area contributed by atoms with Crippen LogP contribution in [0.1, 0.15) is 19.8 Å². The quantitative estimate of drug-likeness (QED) is 0.254. The second-order valence-corrected chi connectivity index (χ2v) is 10.9. The molecule has 0 aliphatic heterocycles. The molecule has 1 N–H and O–H groups in total. The van der Waals surface area contributed by atoms with E-state index in [2.05, 4.69) is 101 Å². The van der Waals surface area contributed by atoms with Crippen molar-refractivity contribution in [2.24, 2.45) is 0 Å². The molecule has 0 amide bonds. The van der Waals surface area contributed by atoms with Crippen molar-refractivity contribution in [2.75, 3.05) is 0 Å². The van der Waals surface area contributed by atoms with E-state index in [9.17, 15) is 4.79 Å². The summed E-state index contributed by atoms with van der Waals surface area (Å²) in [5, 5.41) is 9.17. The van der Waals surface area contributed by atoms with Crippen molar-refractivity contribution in [2.45, 2.75) is 36.1 Å². The topological polar surface area (TPSA) is 37.3 Å². The lowest BCUT2D eigenvalue weighted by molar-refractivity contribution is -0.137. The molecular formula is C8H16O2S8. The van der Waals surface area contributed by atoms with Gasteiger partial charge < -0.3 is 5.11 Å². The first-order valence-electron chi connectivity index (χ1n) is 4.78. The third-order valence-electron chi connectivity index (χ3n) is 2.43. The minimum absolute atomic E-state index is 0.520. The summed E-state index contributed by atoms with van der Waals surface area (Å²) in [7, 11) is 0. The molecule has 0 spiro atoms. The number of carboxylic acid groups (broad SMARTS) is 1. The Morgan fingerprint density at radius 3 is 1.61 bits per heavy atom. The van der Waals surface area contributed by atoms with E-state index in [1.165, 1.54) is 0 Å². The molecule has 0 bridgehead atoms. The normalized spacial score (nSPS) is 14.7. The van der Waals surface area contributed by atoms with Crippen LogP contribution in [0.25, 0.3) is 0 Å². The van der Waals surface area contributed by atoms with Gasteiger partial charge in [-0.1, -0.05) is 13.3 Å². The molecule has 0 rings (SSSR count). The average molecular weight is 401 g/mol. The van der Waals surface area contributed by atoms with Crippen molar-refractivity contribution in [3.05, 3.63) is 0 Å². The Morgan fingerprint density at radius 2 is 1.33 bits per heavy atom. The highest BCUT2D eigenvalue weighted by Crippen LogP contribution is 2.60. The van der Waals surface area contributed by atoms with Crippen LogP contribution in [0.4, 0.5) is 0 Å². The molecule has 2 nitrogen and oxygen atoms in total. The number of carboxylic acids is 1. The molecule has 0 saturated heterocycles. The van der Waals surface area contributed by atoms with E-state index in [0.29, 0.717) is 6.42 Å². The number of rotatable bonds is 6. The van der Waals surface area contributed by atoms with Gasteiger partial charge in [-0.15, -0.1) is 25.3 Å². The zero-order valence-electron chi connectivity index (χ0n) is 9.35. The van der Waals surface area contributed by atoms with Crippen molar-refractivity contribution >= 4 is 107 Å². The Balaban J connectivity index is 5.65. The van der Waals surface area contributed by atoms with Gasteiger partial charge in [0.05, 0.1) is 4.08 Å². The summed E-state index contributed by atoms with van der Waals surface area (Å²) in [6.45, 7) is 1.93. The Kier molecular flexibility index (Phi) is 7.41. The van der Waals surface area contributed by atoms with Crippen molar-refractivity contribution in [3.8, 4) is 0 Å². The van der Waals surface area contributed by atoms with E-state index in [0.717, 1.165) is 6.42 Å². The monoisotopic (exact) mass is 400 g/mol. The van der Waals surface area contributed by atoms with Gasteiger partial charge in [-0.2, -0.15) is 75.8 Å². The van der Waals surface area contributed by atoms with E-state index in [1.807, 2.05) is 6.92 Å². The standard InChI is InChI=1S/C8H16O2S8/c1-2-3-5(11,12)7(15,16)8(17,18)6(13,14)4(9)10/h11-18H,2-3H2,1H3,(H,9,10). The van der Waals surface area contributed by atoms with Crippen LogP contribution in [0.15, 0.2) is 0 Å². The molecule has 108 valence electrons. The first-order valence-corrected chi connectivity index (χ1v) is 8.35. The van der Waals surface area contributed by atoms with Crippen LogP contribution in [-0.2, 0) is 4.79 Å². The Bertz CT molecular complexity index is 325. The minimum Gasteiger partial charge on any atom is -0.480 e. The van der Waals surface area contributed by atoms with E-state index < -0.39 is 22.3 Å². The number of thiol groups is 8. The molecule has 0 atom stereocenters. The third-order valence-corrected chi connectivity index (χ3v) is 9.49. The van der Waals surface area contributed by atoms with Crippen molar-refractivity contribution < 1.29 is 9.90 Å². The van der Waals surface area contributed by atoms with Crippen molar-refractivity contribution in [1.82, 2.24) is 0 Å². The van der Waals surface area contributed by atoms with Crippen LogP contribution in [0.3, 0.4) is 0 Å². The summed E-state index contributed by atoms with van der Waals surface area (Å²) < 4.78 is -5.89. The largest absolute Gasteiger partial charge is 0.480 e. The van der Waals surface area contributed by atoms with Gasteiger partial charge in [0.2, 0.25) is 0 Å². The molecule has 0 saturated carbocycles. The highest BCUT2D eigenvalue weighted by Gasteiger charge is 2.63. The van der Waals surface area contributed by atoms with E-state index >= 15 is 0 Å². The maximum atomic E-state index is 11.2. The zero-order chi connectivity index (χ0) is 15.0. The molecule has 10 heteroatoms. The lowest BCUT2D eigenvalue weighted by Crippen LogP contribution is -2.61. The molecule has 0 radical (unpaired) electrons. The fraction of sp³-hybridized carbons (Fsp3) is 0.875. The number of hydrogen-bond donors (Lipinski definition) is 9. The minimum atomic E-state index is -1.88. The van der Waals surface area contributed by atoms with Crippen LogP contribution in [-0.4, -0.2) is 27.4 Å². The highest BCUT2D eigenvalue weighted by molar-refractivity contribution is 8.14. The van der Waals surface area contributed by atoms with Crippen LogP contribution in [0, 0.1) is 0 Å². The summed E-state index contributed by atoms with van der Waals surface area (Å²) in [5.41, 5.74) is 0. The fourth-order valence-corrected chi connectivity index (χ4v) is 4.15. The Morgan fingerprint density at radius 1 is 0.944 bits per heavy atom. The highest BCUT2D eigenvalue weighted by atomic mass is 32.2. The second-order valence-electron chi connectivity index (χ2n) is 3.89. The Hall–Kier alpha value is 2.27. The summed E-state index contributed by atoms with van der Waals surface area (Å²) >= 11 is 34.0. The van der Waals surface area contributed by atoms with Crippen molar-refractivity contribution in [1.29, 1.82) is 0 Å². The zero-order valence-corrected chi connectivity index (χ0v) is 16.5. The van der Waals surface area contributed by atoms with E-state index in [1.54, 1.807) is 0 Å². The summed E-state index contributed by atoms with van der Waals surface area (Å²) in [5.74, 6) is -1.30. The summed E-state index contributed by atoms with van der Waals surface area (Å²) in [4.78, 5) is 11.2. The number of carbonyl (C=O) groups is 1. The van der Waals surface area contributed by atoms with Gasteiger partial charge in [0.25, 0.3) is 0 Å². The number of aliphatic carboxylic acids is 1. The molecular weight excluding hydrogens is 385 g/mol. The molecule has 0 aromatic carbocycles. The van der Waals surface area contributed by atoms with E-state index in [4.69, 9.17) is 5.11 Å². The van der Waals surface area contributed by atoms with Gasteiger partial charge >= 0.3 is 5.97 Å². The summed E-state index contributed by atoms with van der Waals surface area (Å²) in [6.07, 6.45) is 1.28. The number of hydrogen-bond acceptors (Lipinski definition) is 9. The molecule has 0 heterocycles. The van der Waals surface area contributed by atoms with Gasteiger partial charge in [-0.05, 0) is 6.42 Å². The molecule has 0 fully saturated rings. The lowest BCUT2D eigenvalue weighted by atomic mass is 10.1. The molecule has 0 aromatic heterocycles. The first kappa shape index (κ1) is 20.3. The first-order chi connectivity index (χ1) is 7.75. The molecule has 0 aliphatic carbocycles. The van der Waals surface area contributed by atoms with E-state index in [-0.39, 0.29) is 0 Å². The molecule has 18 heavy (non-hydrogen) atoms. The average Bonchev–Trinajstić information content (AvgIpc) is 2.16. The second kappa shape index (κ2) is 6.58. The lowest BCUT2D eigenvalue weighted by Gasteiger charge is -2.51. The van der Waals surface area contributed by atoms with Gasteiger partial charge in [-0.3, -0.25) is 0 Å².